The highest BCUT2D eigenvalue weighted by molar-refractivity contribution is 6.36. The SMILES string of the molecule is C=C(C)C(=O)OC(CC)C[SiH2]C(OCCCC)OCCCC. The molecule has 0 radical (unpaired) electrons. The Morgan fingerprint density at radius 1 is 1.09 bits per heavy atom. The lowest BCUT2D eigenvalue weighted by Gasteiger charge is -2.21. The average molecular weight is 331 g/mol. The monoisotopic (exact) mass is 330 g/mol. The van der Waals surface area contributed by atoms with Crippen LogP contribution >= 0.6 is 0 Å². The lowest BCUT2D eigenvalue weighted by Crippen LogP contribution is -2.29. The Kier molecular flexibility index (Phi) is 13.6. The van der Waals surface area contributed by atoms with Crippen LogP contribution in [0.2, 0.25) is 6.04 Å². The minimum Gasteiger partial charge on any atom is -0.459 e. The van der Waals surface area contributed by atoms with E-state index in [2.05, 4.69) is 20.4 Å². The molecule has 0 amide bonds. The molecule has 0 aliphatic carbocycles. The Hall–Kier alpha value is -0.653. The molecule has 0 rings (SSSR count). The Balaban J connectivity index is 4.23. The zero-order chi connectivity index (χ0) is 16.8. The summed E-state index contributed by atoms with van der Waals surface area (Å²) >= 11 is 0. The summed E-state index contributed by atoms with van der Waals surface area (Å²) in [5.74, 6) is -0.355. The minimum atomic E-state index is -0.608. The molecule has 0 fully saturated rings. The van der Waals surface area contributed by atoms with E-state index in [1.807, 2.05) is 6.92 Å². The van der Waals surface area contributed by atoms with E-state index < -0.39 is 9.52 Å². The topological polar surface area (TPSA) is 44.8 Å². The first-order valence-electron chi connectivity index (χ1n) is 8.64. The van der Waals surface area contributed by atoms with Crippen LogP contribution in [-0.2, 0) is 19.0 Å². The van der Waals surface area contributed by atoms with Crippen LogP contribution in [0.4, 0.5) is 0 Å². The van der Waals surface area contributed by atoms with Gasteiger partial charge in [0.05, 0.1) is 15.6 Å². The molecule has 0 aliphatic heterocycles. The molecule has 0 aromatic heterocycles. The molecular formula is C17H34O4Si. The summed E-state index contributed by atoms with van der Waals surface area (Å²) in [6.07, 6.45) is 5.15. The lowest BCUT2D eigenvalue weighted by molar-refractivity contribution is -0.143. The first kappa shape index (κ1) is 21.3. The largest absolute Gasteiger partial charge is 0.459 e. The standard InChI is InChI=1S/C17H34O4Si/c1-6-9-11-19-17(20-12-10-7-2)22-13-15(8-3)21-16(18)14(4)5/h15,17H,4,6-13,22H2,1-3,5H3. The quantitative estimate of drug-likeness (QED) is 0.161. The lowest BCUT2D eigenvalue weighted by atomic mass is 10.3. The molecule has 0 aromatic carbocycles. The van der Waals surface area contributed by atoms with Crippen LogP contribution in [0, 0.1) is 0 Å². The summed E-state index contributed by atoms with van der Waals surface area (Å²) in [7, 11) is -0.608. The van der Waals surface area contributed by atoms with Gasteiger partial charge in [-0.25, -0.2) is 4.79 Å². The van der Waals surface area contributed by atoms with Crippen molar-refractivity contribution >= 4 is 15.5 Å². The van der Waals surface area contributed by atoms with Gasteiger partial charge in [0.15, 0.2) is 0 Å². The van der Waals surface area contributed by atoms with Crippen LogP contribution < -0.4 is 0 Å². The van der Waals surface area contributed by atoms with Gasteiger partial charge in [-0.1, -0.05) is 40.2 Å². The maximum atomic E-state index is 11.6. The van der Waals surface area contributed by atoms with E-state index in [1.165, 1.54) is 0 Å². The summed E-state index contributed by atoms with van der Waals surface area (Å²) in [6, 6.07) is 0.887. The van der Waals surface area contributed by atoms with E-state index in [1.54, 1.807) is 6.92 Å². The number of ether oxygens (including phenoxy) is 3. The van der Waals surface area contributed by atoms with Crippen molar-refractivity contribution < 1.29 is 19.0 Å². The van der Waals surface area contributed by atoms with Gasteiger partial charge in [0.1, 0.15) is 5.91 Å². The molecule has 130 valence electrons. The van der Waals surface area contributed by atoms with Crippen molar-refractivity contribution in [3.8, 4) is 0 Å². The summed E-state index contributed by atoms with van der Waals surface area (Å²) in [5, 5.41) is 0. The third kappa shape index (κ3) is 11.0. The van der Waals surface area contributed by atoms with Crippen molar-refractivity contribution in [3.05, 3.63) is 12.2 Å². The number of rotatable bonds is 14. The minimum absolute atomic E-state index is 0.0390. The predicted molar refractivity (Wildman–Crippen MR) is 93.8 cm³/mol. The van der Waals surface area contributed by atoms with Crippen LogP contribution in [0.5, 0.6) is 0 Å². The molecule has 22 heavy (non-hydrogen) atoms. The first-order valence-corrected chi connectivity index (χ1v) is 10.5. The first-order chi connectivity index (χ1) is 10.5. The fourth-order valence-corrected chi connectivity index (χ4v) is 3.69. The highest BCUT2D eigenvalue weighted by atomic mass is 28.2. The van der Waals surface area contributed by atoms with Gasteiger partial charge in [0, 0.05) is 18.8 Å². The third-order valence-electron chi connectivity index (χ3n) is 3.41. The van der Waals surface area contributed by atoms with Gasteiger partial charge in [-0.05, 0) is 32.2 Å². The molecule has 0 heterocycles. The number of esters is 1. The van der Waals surface area contributed by atoms with Crippen molar-refractivity contribution in [1.29, 1.82) is 0 Å². The van der Waals surface area contributed by atoms with E-state index in [9.17, 15) is 4.79 Å². The number of hydrogen-bond acceptors (Lipinski definition) is 4. The molecule has 1 atom stereocenters. The number of unbranched alkanes of at least 4 members (excludes halogenated alkanes) is 2. The molecule has 1 unspecified atom stereocenters. The van der Waals surface area contributed by atoms with Gasteiger partial charge < -0.3 is 14.2 Å². The number of carbonyl (C=O) groups excluding carboxylic acids is 1. The summed E-state index contributed by atoms with van der Waals surface area (Å²) in [4.78, 5) is 11.6. The van der Waals surface area contributed by atoms with Crippen molar-refractivity contribution in [1.82, 2.24) is 0 Å². The van der Waals surface area contributed by atoms with Crippen LogP contribution in [0.1, 0.15) is 59.8 Å². The van der Waals surface area contributed by atoms with E-state index in [0.717, 1.165) is 51.4 Å². The van der Waals surface area contributed by atoms with Crippen LogP contribution in [-0.4, -0.2) is 40.7 Å². The number of carbonyl (C=O) groups is 1. The number of hydrogen-bond donors (Lipinski definition) is 0. The summed E-state index contributed by atoms with van der Waals surface area (Å²) in [6.45, 7) is 13.1. The highest BCUT2D eigenvalue weighted by Crippen LogP contribution is 2.10. The van der Waals surface area contributed by atoms with E-state index in [4.69, 9.17) is 14.2 Å². The molecule has 4 nitrogen and oxygen atoms in total. The van der Waals surface area contributed by atoms with Crippen molar-refractivity contribution in [2.75, 3.05) is 13.2 Å². The second kappa shape index (κ2) is 14.0. The van der Waals surface area contributed by atoms with Crippen molar-refractivity contribution in [2.45, 2.75) is 77.9 Å². The van der Waals surface area contributed by atoms with Gasteiger partial charge >= 0.3 is 5.97 Å². The predicted octanol–water partition coefficient (Wildman–Crippen LogP) is 3.39. The fraction of sp³-hybridized carbons (Fsp3) is 0.824. The Bertz CT molecular complexity index is 297. The highest BCUT2D eigenvalue weighted by Gasteiger charge is 2.17. The summed E-state index contributed by atoms with van der Waals surface area (Å²) in [5.41, 5.74) is 0.454. The van der Waals surface area contributed by atoms with Gasteiger partial charge in [0.2, 0.25) is 0 Å². The van der Waals surface area contributed by atoms with Crippen LogP contribution in [0.15, 0.2) is 12.2 Å². The second-order valence-electron chi connectivity index (χ2n) is 5.67. The summed E-state index contributed by atoms with van der Waals surface area (Å²) < 4.78 is 17.2. The maximum Gasteiger partial charge on any atom is 0.333 e. The zero-order valence-corrected chi connectivity index (χ0v) is 16.3. The van der Waals surface area contributed by atoms with E-state index >= 15 is 0 Å². The van der Waals surface area contributed by atoms with Crippen LogP contribution in [0.25, 0.3) is 0 Å². The molecule has 0 bridgehead atoms. The Morgan fingerprint density at radius 3 is 2.05 bits per heavy atom. The van der Waals surface area contributed by atoms with Crippen LogP contribution in [0.3, 0.4) is 0 Å². The maximum absolute atomic E-state index is 11.6. The average Bonchev–Trinajstić information content (AvgIpc) is 2.50. The van der Waals surface area contributed by atoms with Gasteiger partial charge in [-0.3, -0.25) is 0 Å². The Labute approximate surface area is 138 Å². The molecule has 0 saturated carbocycles. The fourth-order valence-electron chi connectivity index (χ4n) is 1.85. The molecule has 0 saturated heterocycles. The molecule has 0 aromatic rings. The van der Waals surface area contributed by atoms with Gasteiger partial charge in [-0.2, -0.15) is 0 Å². The molecular weight excluding hydrogens is 296 g/mol. The second-order valence-corrected chi connectivity index (χ2v) is 7.49. The molecule has 5 heteroatoms. The molecule has 0 aliphatic rings. The van der Waals surface area contributed by atoms with Gasteiger partial charge in [-0.15, -0.1) is 0 Å². The Morgan fingerprint density at radius 2 is 1.64 bits per heavy atom. The van der Waals surface area contributed by atoms with E-state index in [0.29, 0.717) is 5.57 Å². The van der Waals surface area contributed by atoms with Crippen molar-refractivity contribution in [3.63, 3.8) is 0 Å². The zero-order valence-electron chi connectivity index (χ0n) is 14.9. The van der Waals surface area contributed by atoms with E-state index in [-0.39, 0.29) is 18.0 Å². The van der Waals surface area contributed by atoms with Crippen molar-refractivity contribution in [2.24, 2.45) is 0 Å². The normalized spacial score (nSPS) is 13.0. The third-order valence-corrected chi connectivity index (χ3v) is 5.33. The van der Waals surface area contributed by atoms with Gasteiger partial charge in [0.25, 0.3) is 0 Å². The molecule has 0 N–H and O–H groups in total. The molecule has 0 spiro atoms. The smallest absolute Gasteiger partial charge is 0.333 e.